The van der Waals surface area contributed by atoms with Gasteiger partial charge < -0.3 is 14.5 Å². The zero-order chi connectivity index (χ0) is 25.1. The van der Waals surface area contributed by atoms with E-state index in [4.69, 9.17) is 9.15 Å². The van der Waals surface area contributed by atoms with Crippen molar-refractivity contribution < 1.29 is 18.7 Å². The molecule has 3 aromatic carbocycles. The van der Waals surface area contributed by atoms with Crippen molar-refractivity contribution in [3.05, 3.63) is 94.9 Å². The quantitative estimate of drug-likeness (QED) is 0.337. The molecule has 2 N–H and O–H groups in total. The predicted octanol–water partition coefficient (Wildman–Crippen LogP) is 5.86. The number of ether oxygens (including phenoxy) is 1. The number of anilines is 1. The molecule has 0 radical (unpaired) electrons. The molecule has 1 aromatic heterocycles. The fraction of sp³-hybridized carbons (Fsp3) is 0.207. The number of furan rings is 1. The van der Waals surface area contributed by atoms with E-state index in [1.54, 1.807) is 18.2 Å². The van der Waals surface area contributed by atoms with Crippen LogP contribution in [0.1, 0.15) is 57.6 Å². The van der Waals surface area contributed by atoms with Gasteiger partial charge in [-0.15, -0.1) is 0 Å². The molecule has 0 saturated carbocycles. The summed E-state index contributed by atoms with van der Waals surface area (Å²) in [4.78, 5) is 26.0. The molecular formula is C29H27N3O4. The lowest BCUT2D eigenvalue weighted by Gasteiger charge is -2.13. The summed E-state index contributed by atoms with van der Waals surface area (Å²) >= 11 is 0. The molecule has 0 fully saturated rings. The molecule has 4 aromatic rings. The monoisotopic (exact) mass is 481 g/mol. The Morgan fingerprint density at radius 1 is 0.972 bits per heavy atom. The third-order valence-electron chi connectivity index (χ3n) is 6.28. The molecular weight excluding hydrogens is 454 g/mol. The molecule has 0 unspecified atom stereocenters. The van der Waals surface area contributed by atoms with Gasteiger partial charge in [0.05, 0.1) is 12.3 Å². The zero-order valence-corrected chi connectivity index (χ0v) is 20.3. The Morgan fingerprint density at radius 3 is 2.56 bits per heavy atom. The number of nitrogens with one attached hydrogen (secondary N) is 2. The maximum Gasteiger partial charge on any atom is 0.291 e. The van der Waals surface area contributed by atoms with E-state index >= 15 is 0 Å². The highest BCUT2D eigenvalue weighted by molar-refractivity contribution is 6.11. The van der Waals surface area contributed by atoms with Crippen LogP contribution in [0.3, 0.4) is 0 Å². The first-order valence-electron chi connectivity index (χ1n) is 12.1. The molecule has 7 heteroatoms. The van der Waals surface area contributed by atoms with Gasteiger partial charge in [0.1, 0.15) is 11.5 Å². The molecule has 0 bridgehead atoms. The molecule has 36 heavy (non-hydrogen) atoms. The van der Waals surface area contributed by atoms with Crippen LogP contribution >= 0.6 is 0 Å². The van der Waals surface area contributed by atoms with Crippen molar-refractivity contribution in [2.45, 2.75) is 33.1 Å². The average Bonchev–Trinajstić information content (AvgIpc) is 3.25. The van der Waals surface area contributed by atoms with E-state index in [-0.39, 0.29) is 17.6 Å². The lowest BCUT2D eigenvalue weighted by atomic mass is 9.93. The van der Waals surface area contributed by atoms with Crippen molar-refractivity contribution in [2.24, 2.45) is 5.10 Å². The molecule has 182 valence electrons. The number of hydrogen-bond acceptors (Lipinski definition) is 5. The van der Waals surface area contributed by atoms with Crippen molar-refractivity contribution in [3.8, 4) is 5.75 Å². The Kier molecular flexibility index (Phi) is 6.54. The second kappa shape index (κ2) is 10.1. The van der Waals surface area contributed by atoms with Gasteiger partial charge in [-0.05, 0) is 67.8 Å². The molecule has 2 amide bonds. The summed E-state index contributed by atoms with van der Waals surface area (Å²) in [7, 11) is 0. The van der Waals surface area contributed by atoms with Gasteiger partial charge in [-0.1, -0.05) is 36.4 Å². The van der Waals surface area contributed by atoms with E-state index < -0.39 is 0 Å². The Balaban J connectivity index is 1.36. The van der Waals surface area contributed by atoms with Crippen LogP contribution in [0, 0.1) is 6.92 Å². The molecule has 1 heterocycles. The van der Waals surface area contributed by atoms with Crippen molar-refractivity contribution in [1.82, 2.24) is 5.43 Å². The molecule has 0 aliphatic heterocycles. The first-order chi connectivity index (χ1) is 17.5. The largest absolute Gasteiger partial charge is 0.494 e. The SMILES string of the molecule is CCOc1ccc(NC(=O)c2oc3c(c2C)/C(=N/NC(=O)c2cccc4ccccc24)CCC3)cc1. The first kappa shape index (κ1) is 23.4. The summed E-state index contributed by atoms with van der Waals surface area (Å²) < 4.78 is 11.4. The highest BCUT2D eigenvalue weighted by atomic mass is 16.5. The number of carbonyl (C=O) groups is 2. The third kappa shape index (κ3) is 4.60. The average molecular weight is 482 g/mol. The minimum atomic E-state index is -0.329. The molecule has 0 spiro atoms. The minimum absolute atomic E-state index is 0.254. The van der Waals surface area contributed by atoms with Gasteiger partial charge in [-0.25, -0.2) is 5.43 Å². The van der Waals surface area contributed by atoms with Gasteiger partial charge in [0, 0.05) is 28.8 Å². The third-order valence-corrected chi connectivity index (χ3v) is 6.28. The van der Waals surface area contributed by atoms with Crippen LogP contribution < -0.4 is 15.5 Å². The van der Waals surface area contributed by atoms with Gasteiger partial charge in [-0.2, -0.15) is 5.10 Å². The van der Waals surface area contributed by atoms with E-state index in [0.29, 0.717) is 47.7 Å². The minimum Gasteiger partial charge on any atom is -0.494 e. The predicted molar refractivity (Wildman–Crippen MR) is 140 cm³/mol. The van der Waals surface area contributed by atoms with Crippen molar-refractivity contribution >= 4 is 34.0 Å². The zero-order valence-electron chi connectivity index (χ0n) is 20.3. The molecule has 1 aliphatic carbocycles. The molecule has 0 atom stereocenters. The topological polar surface area (TPSA) is 92.9 Å². The van der Waals surface area contributed by atoms with Crippen LogP contribution in [-0.4, -0.2) is 24.1 Å². The van der Waals surface area contributed by atoms with Crippen LogP contribution in [0.5, 0.6) is 5.75 Å². The standard InChI is InChI=1S/C29H27N3O4/c1-3-35-21-16-14-20(15-17-21)30-29(34)27-18(2)26-24(12-7-13-25(26)36-27)31-32-28(33)23-11-6-9-19-8-4-5-10-22(19)23/h4-6,8-11,14-17H,3,7,12-13H2,1-2H3,(H,30,34)(H,32,33)/b31-24+. The second-order valence-electron chi connectivity index (χ2n) is 8.65. The normalized spacial score (nSPS) is 13.9. The van der Waals surface area contributed by atoms with Crippen LogP contribution in [0.4, 0.5) is 5.69 Å². The molecule has 1 aliphatic rings. The Labute approximate surface area is 209 Å². The van der Waals surface area contributed by atoms with Gasteiger partial charge in [0.25, 0.3) is 11.8 Å². The number of hydrogen-bond donors (Lipinski definition) is 2. The highest BCUT2D eigenvalue weighted by Gasteiger charge is 2.28. The summed E-state index contributed by atoms with van der Waals surface area (Å²) in [5, 5.41) is 9.21. The van der Waals surface area contributed by atoms with E-state index in [1.165, 1.54) is 0 Å². The van der Waals surface area contributed by atoms with Crippen LogP contribution in [0.25, 0.3) is 10.8 Å². The van der Waals surface area contributed by atoms with Crippen molar-refractivity contribution in [1.29, 1.82) is 0 Å². The van der Waals surface area contributed by atoms with E-state index in [0.717, 1.165) is 28.5 Å². The molecule has 5 rings (SSSR count). The van der Waals surface area contributed by atoms with Crippen LogP contribution in [0.2, 0.25) is 0 Å². The fourth-order valence-corrected chi connectivity index (χ4v) is 4.59. The lowest BCUT2D eigenvalue weighted by molar-refractivity contribution is 0.0955. The van der Waals surface area contributed by atoms with Crippen molar-refractivity contribution in [2.75, 3.05) is 11.9 Å². The number of benzene rings is 3. The van der Waals surface area contributed by atoms with Crippen LogP contribution in [-0.2, 0) is 6.42 Å². The van der Waals surface area contributed by atoms with E-state index in [9.17, 15) is 9.59 Å². The molecule has 7 nitrogen and oxygen atoms in total. The number of aryl methyl sites for hydroxylation is 1. The summed E-state index contributed by atoms with van der Waals surface area (Å²) in [6.07, 6.45) is 2.22. The van der Waals surface area contributed by atoms with Gasteiger partial charge in [-0.3, -0.25) is 9.59 Å². The summed E-state index contributed by atoms with van der Waals surface area (Å²) in [5.41, 5.74) is 6.16. The summed E-state index contributed by atoms with van der Waals surface area (Å²) in [6.45, 7) is 4.35. The number of fused-ring (bicyclic) bond motifs is 2. The Morgan fingerprint density at radius 2 is 1.75 bits per heavy atom. The maximum atomic E-state index is 13.0. The number of rotatable bonds is 6. The van der Waals surface area contributed by atoms with Gasteiger partial charge >= 0.3 is 0 Å². The highest BCUT2D eigenvalue weighted by Crippen LogP contribution is 2.30. The smallest absolute Gasteiger partial charge is 0.291 e. The summed E-state index contributed by atoms with van der Waals surface area (Å²) in [5.74, 6) is 1.11. The van der Waals surface area contributed by atoms with Gasteiger partial charge in [0.15, 0.2) is 5.76 Å². The van der Waals surface area contributed by atoms with Crippen molar-refractivity contribution in [3.63, 3.8) is 0 Å². The fourth-order valence-electron chi connectivity index (χ4n) is 4.59. The van der Waals surface area contributed by atoms with E-state index in [1.807, 2.05) is 62.4 Å². The summed E-state index contributed by atoms with van der Waals surface area (Å²) in [6, 6.07) is 20.6. The van der Waals surface area contributed by atoms with Crippen LogP contribution in [0.15, 0.2) is 76.2 Å². The lowest BCUT2D eigenvalue weighted by Crippen LogP contribution is -2.22. The number of hydrazone groups is 1. The first-order valence-corrected chi connectivity index (χ1v) is 12.1. The molecule has 0 saturated heterocycles. The van der Waals surface area contributed by atoms with E-state index in [2.05, 4.69) is 15.8 Å². The second-order valence-corrected chi connectivity index (χ2v) is 8.65. The number of nitrogens with zero attached hydrogens (tertiary/aromatic N) is 1. The van der Waals surface area contributed by atoms with Gasteiger partial charge in [0.2, 0.25) is 0 Å². The Bertz CT molecular complexity index is 1460. The Hall–Kier alpha value is -4.39. The number of carbonyl (C=O) groups excluding carboxylic acids is 2. The maximum absolute atomic E-state index is 13.0. The number of amides is 2.